The largest absolute Gasteiger partial charge is 0.493 e. The minimum atomic E-state index is -4.86. The first-order valence-electron chi connectivity index (χ1n) is 10.1. The van der Waals surface area contributed by atoms with Crippen LogP contribution in [0.25, 0.3) is 0 Å². The fraction of sp³-hybridized carbons (Fsp3) is 0.261. The third-order valence-corrected chi connectivity index (χ3v) is 6.36. The number of carbonyl (C=O) groups is 1. The summed E-state index contributed by atoms with van der Waals surface area (Å²) in [5, 5.41) is 9.29. The molecule has 35 heavy (non-hydrogen) atoms. The lowest BCUT2D eigenvalue weighted by atomic mass is 10.1. The first kappa shape index (κ1) is 25.9. The number of alkyl halides is 3. The molecule has 0 radical (unpaired) electrons. The number of carbonyl (C=O) groups excluding carboxylic acids is 1. The van der Waals surface area contributed by atoms with E-state index in [1.807, 2.05) is 13.8 Å². The van der Waals surface area contributed by atoms with Crippen LogP contribution >= 0.6 is 0 Å². The summed E-state index contributed by atoms with van der Waals surface area (Å²) in [6.07, 6.45) is -3.65. The number of rotatable bonds is 6. The lowest BCUT2D eigenvalue weighted by Crippen LogP contribution is -2.21. The topological polar surface area (TPSA) is 114 Å². The number of hydrogen-bond acceptors (Lipinski definition) is 7. The van der Waals surface area contributed by atoms with E-state index in [9.17, 15) is 22.2 Å². The molecule has 3 aromatic rings. The van der Waals surface area contributed by atoms with Crippen LogP contribution in [0.15, 0.2) is 41.3 Å². The summed E-state index contributed by atoms with van der Waals surface area (Å²) in [5.41, 5.74) is -0.463. The second-order valence-electron chi connectivity index (χ2n) is 7.87. The number of amides is 1. The van der Waals surface area contributed by atoms with Gasteiger partial charge in [-0.05, 0) is 67.8 Å². The van der Waals surface area contributed by atoms with Gasteiger partial charge in [-0.2, -0.15) is 13.2 Å². The molecule has 1 unspecified atom stereocenters. The van der Waals surface area contributed by atoms with Crippen molar-refractivity contribution in [1.29, 1.82) is 4.78 Å². The van der Waals surface area contributed by atoms with Crippen LogP contribution in [0, 0.1) is 25.6 Å². The molecule has 0 aliphatic heterocycles. The maximum atomic E-state index is 13.5. The molecular formula is C23H23F3N4O4S. The molecule has 0 saturated heterocycles. The zero-order chi connectivity index (χ0) is 26.1. The molecule has 0 bridgehead atoms. The van der Waals surface area contributed by atoms with Crippen molar-refractivity contribution in [3.05, 3.63) is 64.3 Å². The maximum absolute atomic E-state index is 13.5. The van der Waals surface area contributed by atoms with E-state index in [-0.39, 0.29) is 16.3 Å². The number of aryl methyl sites for hydroxylation is 2. The Kier molecular flexibility index (Phi) is 7.06. The molecule has 12 heteroatoms. The Morgan fingerprint density at radius 2 is 1.69 bits per heavy atom. The van der Waals surface area contributed by atoms with Crippen LogP contribution in [0.5, 0.6) is 17.4 Å². The minimum absolute atomic E-state index is 0.133. The van der Waals surface area contributed by atoms with Crippen molar-refractivity contribution < 1.29 is 31.6 Å². The molecule has 1 amide bonds. The van der Waals surface area contributed by atoms with Crippen LogP contribution in [-0.2, 0) is 15.9 Å². The van der Waals surface area contributed by atoms with Crippen LogP contribution in [0.1, 0.15) is 32.7 Å². The van der Waals surface area contributed by atoms with E-state index >= 15 is 0 Å². The number of methoxy groups -OCH3 is 1. The van der Waals surface area contributed by atoms with Gasteiger partial charge in [0.25, 0.3) is 11.8 Å². The van der Waals surface area contributed by atoms with Gasteiger partial charge >= 0.3 is 6.18 Å². The Balaban J connectivity index is 2.12. The molecule has 1 aromatic heterocycles. The highest BCUT2D eigenvalue weighted by Gasteiger charge is 2.38. The van der Waals surface area contributed by atoms with Gasteiger partial charge in [0.2, 0.25) is 0 Å². The van der Waals surface area contributed by atoms with Crippen molar-refractivity contribution in [2.45, 2.75) is 31.8 Å². The highest BCUT2D eigenvalue weighted by atomic mass is 32.2. The van der Waals surface area contributed by atoms with Crippen molar-refractivity contribution in [3.63, 3.8) is 0 Å². The maximum Gasteiger partial charge on any atom is 0.435 e. The zero-order valence-electron chi connectivity index (χ0n) is 19.5. The van der Waals surface area contributed by atoms with Crippen molar-refractivity contribution in [1.82, 2.24) is 10.2 Å². The lowest BCUT2D eigenvalue weighted by Gasteiger charge is -2.17. The zero-order valence-corrected chi connectivity index (χ0v) is 20.4. The molecule has 2 aromatic carbocycles. The van der Waals surface area contributed by atoms with Gasteiger partial charge < -0.3 is 14.8 Å². The summed E-state index contributed by atoms with van der Waals surface area (Å²) in [6, 6.07) is 8.98. The van der Waals surface area contributed by atoms with Gasteiger partial charge in [0.05, 0.1) is 16.8 Å². The fourth-order valence-corrected chi connectivity index (χ4v) is 3.91. The molecule has 0 aliphatic carbocycles. The number of nitrogens with zero attached hydrogens (tertiary/aromatic N) is 2. The Labute approximate surface area is 200 Å². The second kappa shape index (κ2) is 9.53. The predicted molar refractivity (Wildman–Crippen MR) is 124 cm³/mol. The number of benzene rings is 2. The van der Waals surface area contributed by atoms with Crippen molar-refractivity contribution in [2.24, 2.45) is 0 Å². The summed E-state index contributed by atoms with van der Waals surface area (Å²) >= 11 is 0. The van der Waals surface area contributed by atoms with Gasteiger partial charge in [-0.25, -0.2) is 8.99 Å². The Morgan fingerprint density at radius 3 is 2.26 bits per heavy atom. The molecule has 2 N–H and O–H groups in total. The van der Waals surface area contributed by atoms with Crippen molar-refractivity contribution in [3.8, 4) is 17.4 Å². The van der Waals surface area contributed by atoms with E-state index in [2.05, 4.69) is 15.5 Å². The van der Waals surface area contributed by atoms with E-state index in [1.54, 1.807) is 12.1 Å². The molecule has 0 saturated carbocycles. The number of halogens is 3. The molecule has 3 rings (SSSR count). The summed E-state index contributed by atoms with van der Waals surface area (Å²) in [6.45, 7) is 4.75. The molecule has 0 aliphatic rings. The van der Waals surface area contributed by atoms with E-state index in [1.165, 1.54) is 37.6 Å². The van der Waals surface area contributed by atoms with Crippen molar-refractivity contribution in [2.75, 3.05) is 18.7 Å². The first-order chi connectivity index (χ1) is 16.2. The van der Waals surface area contributed by atoms with Crippen LogP contribution in [-0.4, -0.2) is 33.7 Å². The van der Waals surface area contributed by atoms with Crippen LogP contribution in [0.2, 0.25) is 0 Å². The molecule has 0 spiro atoms. The molecular weight excluding hydrogens is 485 g/mol. The third kappa shape index (κ3) is 5.70. The van der Waals surface area contributed by atoms with Gasteiger partial charge in [-0.3, -0.25) is 4.79 Å². The quantitative estimate of drug-likeness (QED) is 0.454. The second-order valence-corrected chi connectivity index (χ2v) is 10.0. The molecule has 186 valence electrons. The van der Waals surface area contributed by atoms with Crippen LogP contribution < -0.4 is 14.8 Å². The van der Waals surface area contributed by atoms with Gasteiger partial charge in [0.15, 0.2) is 17.2 Å². The van der Waals surface area contributed by atoms with Crippen LogP contribution in [0.4, 0.5) is 18.9 Å². The summed E-state index contributed by atoms with van der Waals surface area (Å²) in [7, 11) is -1.68. The average Bonchev–Trinajstić information content (AvgIpc) is 2.74. The van der Waals surface area contributed by atoms with Gasteiger partial charge in [-0.1, -0.05) is 6.07 Å². The molecule has 8 nitrogen and oxygen atoms in total. The van der Waals surface area contributed by atoms with E-state index in [0.29, 0.717) is 5.75 Å². The summed E-state index contributed by atoms with van der Waals surface area (Å²) in [4.78, 5) is 13.3. The molecule has 1 atom stereocenters. The average molecular weight is 509 g/mol. The van der Waals surface area contributed by atoms with E-state index in [4.69, 9.17) is 14.3 Å². The third-order valence-electron chi connectivity index (χ3n) is 5.21. The monoisotopic (exact) mass is 508 g/mol. The Morgan fingerprint density at radius 1 is 1.06 bits per heavy atom. The Bertz CT molecular complexity index is 1410. The number of aromatic nitrogens is 2. The van der Waals surface area contributed by atoms with E-state index in [0.717, 1.165) is 18.1 Å². The van der Waals surface area contributed by atoms with Crippen molar-refractivity contribution >= 4 is 21.3 Å². The SMILES string of the molecule is COc1cc(C)c(C)cc1Oc1nnc(C(F)(F)F)c(C)c1C(=O)Nc1cccc(S(C)(=N)=O)c1. The van der Waals surface area contributed by atoms with Gasteiger partial charge in [0.1, 0.15) is 5.56 Å². The molecule has 0 fully saturated rings. The van der Waals surface area contributed by atoms with Gasteiger partial charge in [-0.15, -0.1) is 10.2 Å². The lowest BCUT2D eigenvalue weighted by molar-refractivity contribution is -0.142. The molecule has 1 heterocycles. The Hall–Kier alpha value is -3.67. The number of nitrogens with one attached hydrogen (secondary N) is 2. The van der Waals surface area contributed by atoms with E-state index < -0.39 is 44.5 Å². The number of anilines is 1. The predicted octanol–water partition coefficient (Wildman–Crippen LogP) is 5.51. The summed E-state index contributed by atoms with van der Waals surface area (Å²) < 4.78 is 71.4. The van der Waals surface area contributed by atoms with Crippen LogP contribution in [0.3, 0.4) is 0 Å². The highest BCUT2D eigenvalue weighted by Crippen LogP contribution is 2.38. The van der Waals surface area contributed by atoms with Gasteiger partial charge in [0, 0.05) is 16.8 Å². The summed E-state index contributed by atoms with van der Waals surface area (Å²) in [5.74, 6) is -0.976. The standard InChI is InChI=1S/C23H23F3N4O4S/c1-12-9-17(33-4)18(10-13(12)2)34-22-19(14(3)20(29-30-22)23(24,25)26)21(31)28-15-7-6-8-16(11-15)35(5,27)32/h6-11,27H,1-5H3,(H,28,31). The number of ether oxygens (including phenoxy) is 2. The fourth-order valence-electron chi connectivity index (χ4n) is 3.22. The highest BCUT2D eigenvalue weighted by molar-refractivity contribution is 7.91. The normalized spacial score (nSPS) is 13.1. The smallest absolute Gasteiger partial charge is 0.435 e. The first-order valence-corrected chi connectivity index (χ1v) is 12.1. The minimum Gasteiger partial charge on any atom is -0.493 e. The number of hydrogen-bond donors (Lipinski definition) is 2.